The van der Waals surface area contributed by atoms with Gasteiger partial charge >= 0.3 is 12.0 Å². The molecule has 1 aliphatic heterocycles. The fourth-order valence-corrected chi connectivity index (χ4v) is 1.28. The van der Waals surface area contributed by atoms with E-state index in [2.05, 4.69) is 10.6 Å². The summed E-state index contributed by atoms with van der Waals surface area (Å²) in [6.07, 6.45) is 0.822. The number of nitrogens with one attached hydrogen (secondary N) is 2. The Morgan fingerprint density at radius 3 is 2.94 bits per heavy atom. The van der Waals surface area contributed by atoms with Gasteiger partial charge in [0.15, 0.2) is 0 Å². The van der Waals surface area contributed by atoms with Gasteiger partial charge in [-0.05, 0) is 6.42 Å². The van der Waals surface area contributed by atoms with Crippen LogP contribution in [0, 0.1) is 0 Å². The van der Waals surface area contributed by atoms with Crippen molar-refractivity contribution in [3.05, 3.63) is 0 Å². The van der Waals surface area contributed by atoms with Crippen molar-refractivity contribution in [3.8, 4) is 0 Å². The summed E-state index contributed by atoms with van der Waals surface area (Å²) in [4.78, 5) is 21.3. The number of hydrogen-bond acceptors (Lipinski definition) is 4. The molecule has 0 saturated carbocycles. The molecule has 0 radical (unpaired) electrons. The Bertz CT molecular complexity index is 240. The minimum absolute atomic E-state index is 0.0694. The smallest absolute Gasteiger partial charge is 0.329 e. The fraction of sp³-hybridized carbons (Fsp3) is 0.778. The van der Waals surface area contributed by atoms with E-state index in [0.29, 0.717) is 13.2 Å². The minimum Gasteiger partial charge on any atom is -0.480 e. The number of hydrogen-bond donors (Lipinski definition) is 3. The molecular weight excluding hydrogens is 216 g/mol. The van der Waals surface area contributed by atoms with Crippen LogP contribution in [0.5, 0.6) is 0 Å². The SMILES string of the molecule is O=C(O)COCCNC(=O)NC1CCOC1. The number of urea groups is 1. The van der Waals surface area contributed by atoms with Crippen molar-refractivity contribution in [2.45, 2.75) is 12.5 Å². The second-order valence-electron chi connectivity index (χ2n) is 3.41. The normalized spacial score (nSPS) is 19.4. The second kappa shape index (κ2) is 7.02. The molecule has 1 atom stereocenters. The molecule has 1 saturated heterocycles. The summed E-state index contributed by atoms with van der Waals surface area (Å²) in [6.45, 7) is 1.34. The van der Waals surface area contributed by atoms with Crippen molar-refractivity contribution >= 4 is 12.0 Å². The van der Waals surface area contributed by atoms with Gasteiger partial charge in [-0.15, -0.1) is 0 Å². The Balaban J connectivity index is 1.95. The van der Waals surface area contributed by atoms with E-state index in [9.17, 15) is 9.59 Å². The van der Waals surface area contributed by atoms with Crippen LogP contribution in [0.25, 0.3) is 0 Å². The van der Waals surface area contributed by atoms with Crippen LogP contribution in [-0.2, 0) is 14.3 Å². The van der Waals surface area contributed by atoms with E-state index in [0.717, 1.165) is 6.42 Å². The van der Waals surface area contributed by atoms with Gasteiger partial charge in [0.2, 0.25) is 0 Å². The highest BCUT2D eigenvalue weighted by Gasteiger charge is 2.17. The van der Waals surface area contributed by atoms with Crippen molar-refractivity contribution in [1.29, 1.82) is 0 Å². The van der Waals surface area contributed by atoms with Crippen molar-refractivity contribution in [1.82, 2.24) is 10.6 Å². The average molecular weight is 232 g/mol. The quantitative estimate of drug-likeness (QED) is 0.520. The standard InChI is InChI=1S/C9H16N2O5/c12-8(13)6-16-4-2-10-9(14)11-7-1-3-15-5-7/h7H,1-6H2,(H,12,13)(H2,10,11,14). The summed E-state index contributed by atoms with van der Waals surface area (Å²) in [6, 6.07) is -0.214. The molecule has 1 heterocycles. The maximum absolute atomic E-state index is 11.2. The first-order valence-electron chi connectivity index (χ1n) is 5.10. The second-order valence-corrected chi connectivity index (χ2v) is 3.41. The van der Waals surface area contributed by atoms with Gasteiger partial charge in [-0.3, -0.25) is 0 Å². The molecule has 7 heteroatoms. The number of carbonyl (C=O) groups excluding carboxylic acids is 1. The topological polar surface area (TPSA) is 96.9 Å². The zero-order valence-corrected chi connectivity index (χ0v) is 8.90. The predicted octanol–water partition coefficient (Wildman–Crippen LogP) is -0.824. The molecule has 1 fully saturated rings. The summed E-state index contributed by atoms with van der Waals surface area (Å²) in [5.41, 5.74) is 0. The van der Waals surface area contributed by atoms with Crippen LogP contribution in [0.1, 0.15) is 6.42 Å². The maximum atomic E-state index is 11.2. The van der Waals surface area contributed by atoms with Crippen LogP contribution in [0.2, 0.25) is 0 Å². The molecule has 0 spiro atoms. The Hall–Kier alpha value is -1.34. The molecule has 3 N–H and O–H groups in total. The van der Waals surface area contributed by atoms with Crippen LogP contribution in [0.3, 0.4) is 0 Å². The molecular formula is C9H16N2O5. The zero-order valence-electron chi connectivity index (χ0n) is 8.90. The molecule has 1 unspecified atom stereocenters. The third-order valence-corrected chi connectivity index (χ3v) is 2.02. The van der Waals surface area contributed by atoms with Gasteiger partial charge < -0.3 is 25.2 Å². The Morgan fingerprint density at radius 1 is 1.50 bits per heavy atom. The molecule has 1 rings (SSSR count). The summed E-state index contributed by atoms with van der Waals surface area (Å²) in [5, 5.41) is 13.6. The van der Waals surface area contributed by atoms with Crippen molar-refractivity contribution in [3.63, 3.8) is 0 Å². The third kappa shape index (κ3) is 5.52. The summed E-state index contributed by atoms with van der Waals surface area (Å²) >= 11 is 0. The molecule has 0 aliphatic carbocycles. The van der Waals surface area contributed by atoms with Gasteiger partial charge in [0.1, 0.15) is 6.61 Å². The predicted molar refractivity (Wildman–Crippen MR) is 54.2 cm³/mol. The van der Waals surface area contributed by atoms with E-state index in [1.54, 1.807) is 0 Å². The number of rotatable bonds is 6. The van der Waals surface area contributed by atoms with E-state index in [4.69, 9.17) is 14.6 Å². The van der Waals surface area contributed by atoms with Gasteiger partial charge in [0.05, 0.1) is 19.3 Å². The Kier molecular flexibility index (Phi) is 5.58. The van der Waals surface area contributed by atoms with Crippen molar-refractivity contribution in [2.24, 2.45) is 0 Å². The first-order valence-corrected chi connectivity index (χ1v) is 5.10. The largest absolute Gasteiger partial charge is 0.480 e. The maximum Gasteiger partial charge on any atom is 0.329 e. The van der Waals surface area contributed by atoms with Gasteiger partial charge in [-0.1, -0.05) is 0 Å². The highest BCUT2D eigenvalue weighted by Crippen LogP contribution is 2.02. The molecule has 1 aliphatic rings. The fourth-order valence-electron chi connectivity index (χ4n) is 1.28. The van der Waals surface area contributed by atoms with E-state index in [-0.39, 0.29) is 31.8 Å². The number of aliphatic carboxylic acids is 1. The molecule has 16 heavy (non-hydrogen) atoms. The van der Waals surface area contributed by atoms with E-state index in [1.165, 1.54) is 0 Å². The third-order valence-electron chi connectivity index (χ3n) is 2.02. The van der Waals surface area contributed by atoms with Crippen LogP contribution < -0.4 is 10.6 Å². The Morgan fingerprint density at radius 2 is 2.31 bits per heavy atom. The number of ether oxygens (including phenoxy) is 2. The van der Waals surface area contributed by atoms with Crippen molar-refractivity contribution in [2.75, 3.05) is 33.0 Å². The highest BCUT2D eigenvalue weighted by atomic mass is 16.5. The van der Waals surface area contributed by atoms with Gasteiger partial charge in [-0.2, -0.15) is 0 Å². The minimum atomic E-state index is -1.02. The number of amides is 2. The lowest BCUT2D eigenvalue weighted by Crippen LogP contribution is -2.43. The first-order chi connectivity index (χ1) is 7.68. The zero-order chi connectivity index (χ0) is 11.8. The van der Waals surface area contributed by atoms with Gasteiger partial charge in [0, 0.05) is 13.2 Å². The number of carboxylic acids is 1. The summed E-state index contributed by atoms with van der Waals surface area (Å²) in [5.74, 6) is -1.02. The van der Waals surface area contributed by atoms with E-state index in [1.807, 2.05) is 0 Å². The van der Waals surface area contributed by atoms with E-state index < -0.39 is 5.97 Å². The van der Waals surface area contributed by atoms with Crippen LogP contribution in [-0.4, -0.2) is 56.1 Å². The molecule has 92 valence electrons. The molecule has 2 amide bonds. The van der Waals surface area contributed by atoms with Gasteiger partial charge in [0.25, 0.3) is 0 Å². The van der Waals surface area contributed by atoms with E-state index >= 15 is 0 Å². The van der Waals surface area contributed by atoms with Crippen LogP contribution >= 0.6 is 0 Å². The molecule has 0 aromatic heterocycles. The number of carbonyl (C=O) groups is 2. The lowest BCUT2D eigenvalue weighted by Gasteiger charge is -2.11. The molecule has 7 nitrogen and oxygen atoms in total. The van der Waals surface area contributed by atoms with Crippen molar-refractivity contribution < 1.29 is 24.2 Å². The summed E-state index contributed by atoms with van der Waals surface area (Å²) < 4.78 is 9.84. The van der Waals surface area contributed by atoms with Crippen LogP contribution in [0.15, 0.2) is 0 Å². The lowest BCUT2D eigenvalue weighted by atomic mass is 10.3. The summed E-state index contributed by atoms with van der Waals surface area (Å²) in [7, 11) is 0. The molecule has 0 aromatic carbocycles. The lowest BCUT2D eigenvalue weighted by molar-refractivity contribution is -0.142. The highest BCUT2D eigenvalue weighted by molar-refractivity contribution is 5.74. The van der Waals surface area contributed by atoms with Crippen LogP contribution in [0.4, 0.5) is 4.79 Å². The molecule has 0 aromatic rings. The number of carboxylic acid groups (broad SMARTS) is 1. The molecule has 0 bridgehead atoms. The Labute approximate surface area is 93.1 Å². The van der Waals surface area contributed by atoms with Gasteiger partial charge in [-0.25, -0.2) is 9.59 Å². The first kappa shape index (κ1) is 12.7. The monoisotopic (exact) mass is 232 g/mol. The average Bonchev–Trinajstić information content (AvgIpc) is 2.69.